The first-order valence-electron chi connectivity index (χ1n) is 18.9. The molecule has 1 heterocycles. The zero-order chi connectivity index (χ0) is 35.8. The average molecular weight is 690 g/mol. The van der Waals surface area contributed by atoms with Gasteiger partial charge < -0.3 is 9.32 Å². The quantitative estimate of drug-likeness (QED) is 0.184. The molecular weight excluding hydrogens is 655 g/mol. The van der Waals surface area contributed by atoms with Crippen LogP contribution in [0.5, 0.6) is 0 Å². The SMILES string of the molecule is CC1(C)c2ccccc2-c2c(N(c3ccc4c(c3)C3(c5ccccc5-c5ccccc53)c3ccccc3-4)c3ccc4c(c3)oc3ccccc34)cccc21. The highest BCUT2D eigenvalue weighted by Gasteiger charge is 2.51. The largest absolute Gasteiger partial charge is 0.456 e. The minimum Gasteiger partial charge on any atom is -0.456 e. The number of anilines is 3. The highest BCUT2D eigenvalue weighted by atomic mass is 16.3. The summed E-state index contributed by atoms with van der Waals surface area (Å²) in [5.74, 6) is 0. The number of nitrogens with zero attached hydrogens (tertiary/aromatic N) is 1. The topological polar surface area (TPSA) is 16.4 Å². The van der Waals surface area contributed by atoms with E-state index >= 15 is 0 Å². The van der Waals surface area contributed by atoms with E-state index < -0.39 is 5.41 Å². The smallest absolute Gasteiger partial charge is 0.137 e. The first-order valence-corrected chi connectivity index (χ1v) is 18.9. The van der Waals surface area contributed by atoms with Crippen molar-refractivity contribution in [3.63, 3.8) is 0 Å². The van der Waals surface area contributed by atoms with E-state index in [0.717, 1.165) is 39.0 Å². The van der Waals surface area contributed by atoms with Crippen LogP contribution < -0.4 is 4.90 Å². The van der Waals surface area contributed by atoms with Crippen LogP contribution in [0, 0.1) is 0 Å². The van der Waals surface area contributed by atoms with Crippen LogP contribution in [0.3, 0.4) is 0 Å². The van der Waals surface area contributed by atoms with Crippen LogP contribution in [-0.2, 0) is 10.8 Å². The zero-order valence-corrected chi connectivity index (χ0v) is 30.1. The molecule has 0 aliphatic heterocycles. The third kappa shape index (κ3) is 3.65. The molecule has 12 rings (SSSR count). The molecular formula is C52H35NO. The van der Waals surface area contributed by atoms with E-state index in [2.05, 4.69) is 189 Å². The van der Waals surface area contributed by atoms with Gasteiger partial charge in [0.2, 0.25) is 0 Å². The molecule has 8 aromatic carbocycles. The molecule has 9 aromatic rings. The lowest BCUT2D eigenvalue weighted by atomic mass is 9.70. The third-order valence-electron chi connectivity index (χ3n) is 12.7. The van der Waals surface area contributed by atoms with Crippen molar-refractivity contribution in [2.24, 2.45) is 0 Å². The lowest BCUT2D eigenvalue weighted by Crippen LogP contribution is -2.26. The van der Waals surface area contributed by atoms with Crippen molar-refractivity contribution in [2.75, 3.05) is 4.90 Å². The van der Waals surface area contributed by atoms with E-state index in [1.54, 1.807) is 0 Å². The molecule has 0 saturated heterocycles. The maximum atomic E-state index is 6.54. The van der Waals surface area contributed by atoms with Crippen LogP contribution >= 0.6 is 0 Å². The van der Waals surface area contributed by atoms with Gasteiger partial charge in [-0.2, -0.15) is 0 Å². The normalized spacial score (nSPS) is 14.8. The summed E-state index contributed by atoms with van der Waals surface area (Å²) in [7, 11) is 0. The number of benzene rings is 8. The number of furan rings is 1. The Hall–Kier alpha value is -6.64. The predicted octanol–water partition coefficient (Wildman–Crippen LogP) is 13.7. The van der Waals surface area contributed by atoms with E-state index in [4.69, 9.17) is 4.42 Å². The van der Waals surface area contributed by atoms with Gasteiger partial charge in [0.15, 0.2) is 0 Å². The molecule has 3 aliphatic carbocycles. The fraction of sp³-hybridized carbons (Fsp3) is 0.0769. The standard InChI is InChI=1S/C52H35NO/c1-51(2)41-19-8-6-18-40(41)50-45(51)23-13-24-47(50)53(33-27-29-39-38-17-7-12-25-48(38)54-49(39)31-33)32-26-28-37-36-16-5-11-22-44(36)52(46(37)30-32)42-20-9-3-14-34(42)35-15-4-10-21-43(35)52/h3-31H,1-2H3. The maximum Gasteiger partial charge on any atom is 0.137 e. The predicted molar refractivity (Wildman–Crippen MR) is 222 cm³/mol. The molecule has 0 bridgehead atoms. The maximum absolute atomic E-state index is 6.54. The lowest BCUT2D eigenvalue weighted by Gasteiger charge is -2.33. The highest BCUT2D eigenvalue weighted by Crippen LogP contribution is 2.63. The fourth-order valence-corrected chi connectivity index (χ4v) is 10.4. The Labute approximate surface area is 314 Å². The van der Waals surface area contributed by atoms with E-state index in [1.165, 1.54) is 66.8 Å². The summed E-state index contributed by atoms with van der Waals surface area (Å²) in [4.78, 5) is 2.48. The molecule has 1 spiro atoms. The number of hydrogen-bond acceptors (Lipinski definition) is 2. The second-order valence-electron chi connectivity index (χ2n) is 15.6. The van der Waals surface area contributed by atoms with Crippen LogP contribution in [0.25, 0.3) is 55.3 Å². The Kier molecular flexibility index (Phi) is 5.81. The van der Waals surface area contributed by atoms with Gasteiger partial charge in [0.05, 0.1) is 11.1 Å². The summed E-state index contributed by atoms with van der Waals surface area (Å²) in [6.07, 6.45) is 0. The number of para-hydroxylation sites is 1. The molecule has 0 N–H and O–H groups in total. The molecule has 0 fully saturated rings. The number of fused-ring (bicyclic) bond motifs is 16. The van der Waals surface area contributed by atoms with Crippen molar-refractivity contribution in [3.8, 4) is 33.4 Å². The van der Waals surface area contributed by atoms with Gasteiger partial charge in [0.1, 0.15) is 11.2 Å². The molecule has 0 amide bonds. The van der Waals surface area contributed by atoms with Gasteiger partial charge in [-0.25, -0.2) is 0 Å². The second-order valence-corrected chi connectivity index (χ2v) is 15.6. The first-order chi connectivity index (χ1) is 26.5. The first kappa shape index (κ1) is 29.9. The highest BCUT2D eigenvalue weighted by molar-refractivity contribution is 6.07. The Balaban J connectivity index is 1.17. The van der Waals surface area contributed by atoms with Crippen LogP contribution in [0.2, 0.25) is 0 Å². The summed E-state index contributed by atoms with van der Waals surface area (Å²) in [5, 5.41) is 2.26. The van der Waals surface area contributed by atoms with Crippen LogP contribution in [0.4, 0.5) is 17.1 Å². The molecule has 1 aromatic heterocycles. The minimum absolute atomic E-state index is 0.128. The van der Waals surface area contributed by atoms with Crippen LogP contribution in [-0.4, -0.2) is 0 Å². The van der Waals surface area contributed by atoms with E-state index in [0.29, 0.717) is 0 Å². The molecule has 2 heteroatoms. The Morgan fingerprint density at radius 3 is 1.61 bits per heavy atom. The zero-order valence-electron chi connectivity index (χ0n) is 30.1. The van der Waals surface area contributed by atoms with Gasteiger partial charge in [0, 0.05) is 39.2 Å². The van der Waals surface area contributed by atoms with Gasteiger partial charge in [-0.1, -0.05) is 147 Å². The van der Waals surface area contributed by atoms with Gasteiger partial charge >= 0.3 is 0 Å². The third-order valence-corrected chi connectivity index (χ3v) is 12.7. The van der Waals surface area contributed by atoms with Gasteiger partial charge in [-0.3, -0.25) is 0 Å². The van der Waals surface area contributed by atoms with Crippen LogP contribution in [0.15, 0.2) is 180 Å². The van der Waals surface area contributed by atoms with Crippen molar-refractivity contribution in [2.45, 2.75) is 24.7 Å². The average Bonchev–Trinajstić information content (AvgIpc) is 3.90. The van der Waals surface area contributed by atoms with Gasteiger partial charge in [0.25, 0.3) is 0 Å². The minimum atomic E-state index is -0.434. The molecule has 0 radical (unpaired) electrons. The van der Waals surface area contributed by atoms with Crippen LogP contribution in [0.1, 0.15) is 47.2 Å². The summed E-state index contributed by atoms with van der Waals surface area (Å²) in [6.45, 7) is 4.72. The summed E-state index contributed by atoms with van der Waals surface area (Å²) in [5.41, 5.74) is 20.5. The second kappa shape index (κ2) is 10.5. The molecule has 54 heavy (non-hydrogen) atoms. The molecule has 0 atom stereocenters. The van der Waals surface area contributed by atoms with E-state index in [1.807, 2.05) is 6.07 Å². The van der Waals surface area contributed by atoms with E-state index in [-0.39, 0.29) is 5.41 Å². The number of hydrogen-bond donors (Lipinski definition) is 0. The Morgan fingerprint density at radius 1 is 0.389 bits per heavy atom. The van der Waals surface area contributed by atoms with Crippen molar-refractivity contribution in [1.29, 1.82) is 0 Å². The van der Waals surface area contributed by atoms with Crippen molar-refractivity contribution < 1.29 is 4.42 Å². The summed E-state index contributed by atoms with van der Waals surface area (Å²) < 4.78 is 6.54. The van der Waals surface area contributed by atoms with Gasteiger partial charge in [-0.05, 0) is 97.6 Å². The Bertz CT molecular complexity index is 2990. The van der Waals surface area contributed by atoms with Crippen molar-refractivity contribution in [3.05, 3.63) is 209 Å². The lowest BCUT2D eigenvalue weighted by molar-refractivity contribution is 0.660. The van der Waals surface area contributed by atoms with Crippen molar-refractivity contribution in [1.82, 2.24) is 0 Å². The fourth-order valence-electron chi connectivity index (χ4n) is 10.4. The Morgan fingerprint density at radius 2 is 0.907 bits per heavy atom. The van der Waals surface area contributed by atoms with Crippen molar-refractivity contribution >= 4 is 39.0 Å². The molecule has 254 valence electrons. The van der Waals surface area contributed by atoms with E-state index in [9.17, 15) is 0 Å². The summed E-state index contributed by atoms with van der Waals surface area (Å²) in [6, 6.07) is 65.2. The molecule has 0 saturated carbocycles. The van der Waals surface area contributed by atoms with Gasteiger partial charge in [-0.15, -0.1) is 0 Å². The number of rotatable bonds is 3. The molecule has 0 unspecified atom stereocenters. The summed E-state index contributed by atoms with van der Waals surface area (Å²) >= 11 is 0. The molecule has 2 nitrogen and oxygen atoms in total. The monoisotopic (exact) mass is 689 g/mol. The molecule has 3 aliphatic rings.